The standard InChI is InChI=1S/C36H47N3O7/c1-36(2,3)46-35(42)39(23-25-10-15-31-32(19-25)45-18-17-44-31)27-11-8-24(9-12-27)7-6-16-38-30-22-28(43-5)13-14-29(30)26(21-34(38)41)20-33(40)37-4/h10,13-15,19,21-22,24,27H,6-9,11-12,16-18,20,23H2,1-5H3,(H,37,40). The lowest BCUT2D eigenvalue weighted by Gasteiger charge is -2.38. The van der Waals surface area contributed by atoms with Crippen molar-refractivity contribution in [2.75, 3.05) is 27.4 Å². The van der Waals surface area contributed by atoms with Crippen LogP contribution in [0.1, 0.15) is 70.4 Å². The van der Waals surface area contributed by atoms with E-state index in [2.05, 4.69) is 5.32 Å². The van der Waals surface area contributed by atoms with E-state index in [-0.39, 0.29) is 30.0 Å². The zero-order valence-corrected chi connectivity index (χ0v) is 27.7. The Morgan fingerprint density at radius 2 is 1.74 bits per heavy atom. The Morgan fingerprint density at radius 3 is 2.43 bits per heavy atom. The molecule has 46 heavy (non-hydrogen) atoms. The summed E-state index contributed by atoms with van der Waals surface area (Å²) in [5.41, 5.74) is 1.76. The SMILES string of the molecule is CNC(=O)Cc1cc(=O)n(CCCC2CCC(N(Cc3ccc4c(c3)OCCO4)C(=O)OC(C)(C)C)CC2)c2cc(OC)ccc12. The maximum Gasteiger partial charge on any atom is 0.410 e. The number of aryl methyl sites for hydroxylation is 1. The maximum atomic E-state index is 13.4. The van der Waals surface area contributed by atoms with Crippen molar-refractivity contribution in [2.45, 2.75) is 90.4 Å². The molecule has 0 bridgehead atoms. The summed E-state index contributed by atoms with van der Waals surface area (Å²) in [6.07, 6.45) is 5.47. The second-order valence-electron chi connectivity index (χ2n) is 13.3. The molecular formula is C36H47N3O7. The van der Waals surface area contributed by atoms with Gasteiger partial charge in [-0.3, -0.25) is 9.59 Å². The molecule has 1 aliphatic heterocycles. The van der Waals surface area contributed by atoms with Gasteiger partial charge in [0, 0.05) is 43.7 Å². The summed E-state index contributed by atoms with van der Waals surface area (Å²) in [5.74, 6) is 2.48. The van der Waals surface area contributed by atoms with E-state index in [4.69, 9.17) is 18.9 Å². The van der Waals surface area contributed by atoms with Crippen molar-refractivity contribution >= 4 is 22.9 Å². The Bertz CT molecular complexity index is 1600. The zero-order chi connectivity index (χ0) is 32.8. The molecule has 1 aliphatic carbocycles. The average molecular weight is 634 g/mol. The number of benzene rings is 2. The summed E-state index contributed by atoms with van der Waals surface area (Å²) >= 11 is 0. The topological polar surface area (TPSA) is 108 Å². The summed E-state index contributed by atoms with van der Waals surface area (Å²) in [7, 11) is 3.20. The fraction of sp³-hybridized carbons (Fsp3) is 0.528. The number of carbonyl (C=O) groups excluding carboxylic acids is 2. The molecule has 1 fully saturated rings. The third-order valence-corrected chi connectivity index (χ3v) is 8.87. The molecule has 1 N–H and O–H groups in total. The van der Waals surface area contributed by atoms with Crippen LogP contribution in [-0.2, 0) is 29.0 Å². The number of rotatable bonds is 10. The predicted molar refractivity (Wildman–Crippen MR) is 177 cm³/mol. The number of hydrogen-bond donors (Lipinski definition) is 1. The molecule has 10 heteroatoms. The highest BCUT2D eigenvalue weighted by atomic mass is 16.6. The normalized spacial score (nSPS) is 17.8. The van der Waals surface area contributed by atoms with Crippen molar-refractivity contribution in [1.29, 1.82) is 0 Å². The zero-order valence-electron chi connectivity index (χ0n) is 27.7. The molecule has 0 radical (unpaired) electrons. The van der Waals surface area contributed by atoms with Crippen LogP contribution in [0.4, 0.5) is 4.79 Å². The maximum absolute atomic E-state index is 13.4. The molecule has 0 unspecified atom stereocenters. The molecule has 2 amide bonds. The van der Waals surface area contributed by atoms with Gasteiger partial charge in [0.25, 0.3) is 5.56 Å². The van der Waals surface area contributed by atoms with Gasteiger partial charge in [0.1, 0.15) is 24.6 Å². The Hall–Kier alpha value is -4.21. The minimum absolute atomic E-state index is 0.0752. The average Bonchev–Trinajstić information content (AvgIpc) is 3.04. The van der Waals surface area contributed by atoms with E-state index in [1.807, 2.05) is 62.1 Å². The number of methoxy groups -OCH3 is 1. The van der Waals surface area contributed by atoms with E-state index in [1.54, 1.807) is 24.8 Å². The monoisotopic (exact) mass is 633 g/mol. The van der Waals surface area contributed by atoms with Crippen molar-refractivity contribution < 1.29 is 28.5 Å². The smallest absolute Gasteiger partial charge is 0.410 e. The molecule has 2 aliphatic rings. The number of ether oxygens (including phenoxy) is 4. The molecule has 0 saturated heterocycles. The van der Waals surface area contributed by atoms with Crippen LogP contribution in [-0.4, -0.2) is 60.5 Å². The summed E-state index contributed by atoms with van der Waals surface area (Å²) in [4.78, 5) is 40.7. The largest absolute Gasteiger partial charge is 0.497 e. The summed E-state index contributed by atoms with van der Waals surface area (Å²) in [5, 5.41) is 3.52. The fourth-order valence-electron chi connectivity index (χ4n) is 6.52. The van der Waals surface area contributed by atoms with Gasteiger partial charge in [-0.25, -0.2) is 4.79 Å². The van der Waals surface area contributed by atoms with Crippen LogP contribution in [0.5, 0.6) is 17.2 Å². The van der Waals surface area contributed by atoms with E-state index < -0.39 is 5.60 Å². The number of likely N-dealkylation sites (N-methyl/N-ethyl adjacent to an activating group) is 1. The van der Waals surface area contributed by atoms with Gasteiger partial charge in [-0.1, -0.05) is 6.07 Å². The first kappa shape index (κ1) is 33.2. The quantitative estimate of drug-likeness (QED) is 0.299. The lowest BCUT2D eigenvalue weighted by molar-refractivity contribution is -0.119. The van der Waals surface area contributed by atoms with Gasteiger partial charge in [-0.15, -0.1) is 0 Å². The lowest BCUT2D eigenvalue weighted by atomic mass is 9.82. The minimum atomic E-state index is -0.591. The molecule has 5 rings (SSSR count). The Kier molecular flexibility index (Phi) is 10.4. The van der Waals surface area contributed by atoms with Gasteiger partial charge in [0.15, 0.2) is 11.5 Å². The van der Waals surface area contributed by atoms with Gasteiger partial charge in [0.05, 0.1) is 19.0 Å². The molecule has 2 aromatic carbocycles. The molecule has 3 aromatic rings. The van der Waals surface area contributed by atoms with Crippen LogP contribution in [0, 0.1) is 5.92 Å². The number of nitrogens with one attached hydrogen (secondary N) is 1. The highest BCUT2D eigenvalue weighted by molar-refractivity contribution is 5.89. The van der Waals surface area contributed by atoms with Crippen molar-refractivity contribution in [3.63, 3.8) is 0 Å². The second kappa shape index (κ2) is 14.5. The third kappa shape index (κ3) is 8.13. The van der Waals surface area contributed by atoms with Crippen molar-refractivity contribution in [3.8, 4) is 17.2 Å². The van der Waals surface area contributed by atoms with E-state index >= 15 is 0 Å². The summed E-state index contributed by atoms with van der Waals surface area (Å²) in [6, 6.07) is 13.2. The van der Waals surface area contributed by atoms with Crippen molar-refractivity contribution in [3.05, 3.63) is 63.9 Å². The van der Waals surface area contributed by atoms with Gasteiger partial charge in [0.2, 0.25) is 5.91 Å². The van der Waals surface area contributed by atoms with E-state index in [9.17, 15) is 14.4 Å². The van der Waals surface area contributed by atoms with Crippen molar-refractivity contribution in [1.82, 2.24) is 14.8 Å². The second-order valence-corrected chi connectivity index (χ2v) is 13.3. The number of pyridine rings is 1. The highest BCUT2D eigenvalue weighted by Crippen LogP contribution is 2.35. The van der Waals surface area contributed by atoms with Crippen LogP contribution in [0.3, 0.4) is 0 Å². The fourth-order valence-corrected chi connectivity index (χ4v) is 6.52. The molecule has 0 spiro atoms. The third-order valence-electron chi connectivity index (χ3n) is 8.87. The van der Waals surface area contributed by atoms with Crippen LogP contribution in [0.15, 0.2) is 47.3 Å². The van der Waals surface area contributed by atoms with Gasteiger partial charge < -0.3 is 33.7 Å². The Balaban J connectivity index is 1.23. The first-order valence-corrected chi connectivity index (χ1v) is 16.3. The number of amides is 2. The van der Waals surface area contributed by atoms with Crippen molar-refractivity contribution in [2.24, 2.45) is 5.92 Å². The Morgan fingerprint density at radius 1 is 1.00 bits per heavy atom. The summed E-state index contributed by atoms with van der Waals surface area (Å²) < 4.78 is 24.6. The summed E-state index contributed by atoms with van der Waals surface area (Å²) in [6.45, 7) is 7.75. The van der Waals surface area contributed by atoms with Gasteiger partial charge in [-0.2, -0.15) is 0 Å². The van der Waals surface area contributed by atoms with Gasteiger partial charge >= 0.3 is 6.09 Å². The highest BCUT2D eigenvalue weighted by Gasteiger charge is 2.32. The van der Waals surface area contributed by atoms with E-state index in [1.165, 1.54) is 0 Å². The van der Waals surface area contributed by atoms with Gasteiger partial charge in [-0.05, 0) is 101 Å². The molecule has 0 atom stereocenters. The van der Waals surface area contributed by atoms with E-state index in [0.717, 1.165) is 60.7 Å². The predicted octanol–water partition coefficient (Wildman–Crippen LogP) is 5.85. The molecule has 2 heterocycles. The lowest BCUT2D eigenvalue weighted by Crippen LogP contribution is -2.44. The number of nitrogens with zero attached hydrogens (tertiary/aromatic N) is 2. The Labute approximate surface area is 271 Å². The van der Waals surface area contributed by atoms with Crippen LogP contribution >= 0.6 is 0 Å². The molecule has 1 saturated carbocycles. The molecular weight excluding hydrogens is 586 g/mol. The van der Waals surface area contributed by atoms with Crippen LogP contribution in [0.2, 0.25) is 0 Å². The minimum Gasteiger partial charge on any atom is -0.497 e. The number of hydrogen-bond acceptors (Lipinski definition) is 7. The molecule has 1 aromatic heterocycles. The van der Waals surface area contributed by atoms with Crippen LogP contribution < -0.4 is 25.1 Å². The van der Waals surface area contributed by atoms with E-state index in [0.29, 0.717) is 49.3 Å². The first-order chi connectivity index (χ1) is 22.0. The molecule has 248 valence electrons. The molecule has 10 nitrogen and oxygen atoms in total. The van der Waals surface area contributed by atoms with Crippen LogP contribution in [0.25, 0.3) is 10.9 Å². The number of aromatic nitrogens is 1. The number of fused-ring (bicyclic) bond motifs is 2. The first-order valence-electron chi connectivity index (χ1n) is 16.3. The number of carbonyl (C=O) groups is 2.